The molecule has 0 saturated carbocycles. The van der Waals surface area contributed by atoms with E-state index in [2.05, 4.69) is 4.98 Å². The van der Waals surface area contributed by atoms with E-state index in [1.165, 1.54) is 0 Å². The van der Waals surface area contributed by atoms with Gasteiger partial charge in [-0.2, -0.15) is 0 Å². The van der Waals surface area contributed by atoms with Crippen LogP contribution < -0.4 is 10.5 Å². The minimum absolute atomic E-state index is 0.197. The highest BCUT2D eigenvalue weighted by Crippen LogP contribution is 2.20. The van der Waals surface area contributed by atoms with Crippen LogP contribution in [0.25, 0.3) is 0 Å². The smallest absolute Gasteiger partial charge is 0.326 e. The lowest BCUT2D eigenvalue weighted by Gasteiger charge is -2.33. The van der Waals surface area contributed by atoms with Crippen LogP contribution >= 0.6 is 0 Å². The van der Waals surface area contributed by atoms with Crippen LogP contribution in [0.15, 0.2) is 17.2 Å². The first-order chi connectivity index (χ1) is 9.15. The number of hydrogen-bond donors (Lipinski definition) is 1. The van der Waals surface area contributed by atoms with Crippen LogP contribution in [0.5, 0.6) is 0 Å². The molecular formula is C13H19N3O3. The number of hydrogen-bond acceptors (Lipinski definition) is 4. The van der Waals surface area contributed by atoms with Gasteiger partial charge < -0.3 is 14.6 Å². The Labute approximate surface area is 111 Å². The molecule has 1 fully saturated rings. The Kier molecular flexibility index (Phi) is 4.19. The molecule has 0 radical (unpaired) electrons. The molecule has 1 aliphatic rings. The van der Waals surface area contributed by atoms with E-state index in [9.17, 15) is 14.7 Å². The molecule has 6 heteroatoms. The van der Waals surface area contributed by atoms with Gasteiger partial charge in [0.2, 0.25) is 0 Å². The van der Waals surface area contributed by atoms with Gasteiger partial charge in [-0.05, 0) is 25.7 Å². The number of nitrogens with zero attached hydrogens (tertiary/aromatic N) is 3. The molecule has 1 saturated heterocycles. The summed E-state index contributed by atoms with van der Waals surface area (Å²) in [4.78, 5) is 29.3. The van der Waals surface area contributed by atoms with E-state index >= 15 is 0 Å². The van der Waals surface area contributed by atoms with E-state index in [1.54, 1.807) is 21.9 Å². The van der Waals surface area contributed by atoms with Gasteiger partial charge in [-0.3, -0.25) is 4.79 Å². The molecule has 0 aliphatic carbocycles. The molecule has 1 N–H and O–H groups in total. The number of carbonyl (C=O) groups is 1. The average molecular weight is 265 g/mol. The molecule has 0 aromatic carbocycles. The van der Waals surface area contributed by atoms with E-state index in [-0.39, 0.29) is 11.4 Å². The Bertz CT molecular complexity index is 512. The van der Waals surface area contributed by atoms with Gasteiger partial charge in [-0.25, -0.2) is 9.78 Å². The van der Waals surface area contributed by atoms with Gasteiger partial charge in [0, 0.05) is 25.5 Å². The van der Waals surface area contributed by atoms with E-state index in [0.717, 1.165) is 19.3 Å². The second kappa shape index (κ2) is 5.86. The van der Waals surface area contributed by atoms with Crippen molar-refractivity contribution in [1.82, 2.24) is 9.55 Å². The molecule has 6 nitrogen and oxygen atoms in total. The molecule has 0 amide bonds. The monoisotopic (exact) mass is 265 g/mol. The van der Waals surface area contributed by atoms with Crippen molar-refractivity contribution in [3.05, 3.63) is 22.7 Å². The lowest BCUT2D eigenvalue weighted by Crippen LogP contribution is -2.48. The van der Waals surface area contributed by atoms with Crippen molar-refractivity contribution in [2.75, 3.05) is 11.4 Å². The maximum Gasteiger partial charge on any atom is 0.326 e. The highest BCUT2D eigenvalue weighted by molar-refractivity contribution is 5.77. The summed E-state index contributed by atoms with van der Waals surface area (Å²) in [6.45, 7) is 3.20. The number of aliphatic carboxylic acids is 1. The van der Waals surface area contributed by atoms with Crippen molar-refractivity contribution in [2.45, 2.75) is 45.2 Å². The Morgan fingerprint density at radius 2 is 2.32 bits per heavy atom. The van der Waals surface area contributed by atoms with Crippen LogP contribution in [0, 0.1) is 0 Å². The van der Waals surface area contributed by atoms with E-state index in [4.69, 9.17) is 0 Å². The van der Waals surface area contributed by atoms with Crippen molar-refractivity contribution in [2.24, 2.45) is 0 Å². The Morgan fingerprint density at radius 1 is 1.53 bits per heavy atom. The zero-order chi connectivity index (χ0) is 13.8. The average Bonchev–Trinajstić information content (AvgIpc) is 2.41. The molecule has 2 rings (SSSR count). The molecule has 1 aliphatic heterocycles. The summed E-state index contributed by atoms with van der Waals surface area (Å²) in [6.07, 6.45) is 6.41. The summed E-state index contributed by atoms with van der Waals surface area (Å²) in [6, 6.07) is -0.633. The molecular weight excluding hydrogens is 246 g/mol. The first-order valence-corrected chi connectivity index (χ1v) is 6.70. The Balaban J connectivity index is 2.36. The second-order valence-electron chi connectivity index (χ2n) is 4.79. The highest BCUT2D eigenvalue weighted by Gasteiger charge is 2.31. The van der Waals surface area contributed by atoms with Crippen LogP contribution in [0.1, 0.15) is 32.6 Å². The number of carboxylic acids is 1. The zero-order valence-electron chi connectivity index (χ0n) is 11.1. The zero-order valence-corrected chi connectivity index (χ0v) is 11.1. The fourth-order valence-electron chi connectivity index (χ4n) is 2.49. The van der Waals surface area contributed by atoms with Crippen LogP contribution in [0.4, 0.5) is 5.82 Å². The van der Waals surface area contributed by atoms with Gasteiger partial charge in [0.05, 0.1) is 0 Å². The summed E-state index contributed by atoms with van der Waals surface area (Å²) in [5.41, 5.74) is -0.197. The fraction of sp³-hybridized carbons (Fsp3) is 0.615. The third-order valence-corrected chi connectivity index (χ3v) is 3.42. The van der Waals surface area contributed by atoms with Gasteiger partial charge >= 0.3 is 5.97 Å². The third kappa shape index (κ3) is 2.77. The number of rotatable bonds is 4. The van der Waals surface area contributed by atoms with Crippen LogP contribution in [0.3, 0.4) is 0 Å². The normalized spacial score (nSPS) is 19.4. The molecule has 1 unspecified atom stereocenters. The number of piperidine rings is 1. The predicted molar refractivity (Wildman–Crippen MR) is 71.4 cm³/mol. The summed E-state index contributed by atoms with van der Waals surface area (Å²) >= 11 is 0. The van der Waals surface area contributed by atoms with E-state index < -0.39 is 12.0 Å². The first-order valence-electron chi connectivity index (χ1n) is 6.70. The summed E-state index contributed by atoms with van der Waals surface area (Å²) in [5.74, 6) is -0.616. The molecule has 2 heterocycles. The molecule has 1 aromatic rings. The minimum Gasteiger partial charge on any atom is -0.480 e. The van der Waals surface area contributed by atoms with Crippen molar-refractivity contribution >= 4 is 11.8 Å². The number of carboxylic acid groups (broad SMARTS) is 1. The van der Waals surface area contributed by atoms with Gasteiger partial charge in [-0.15, -0.1) is 0 Å². The summed E-state index contributed by atoms with van der Waals surface area (Å²) in [7, 11) is 0. The summed E-state index contributed by atoms with van der Waals surface area (Å²) in [5, 5.41) is 9.26. The lowest BCUT2D eigenvalue weighted by atomic mass is 10.0. The first kappa shape index (κ1) is 13.6. The third-order valence-electron chi connectivity index (χ3n) is 3.42. The number of aromatic nitrogens is 2. The lowest BCUT2D eigenvalue weighted by molar-refractivity contribution is -0.139. The molecule has 1 atom stereocenters. The Hall–Kier alpha value is -1.85. The van der Waals surface area contributed by atoms with Gasteiger partial charge in [-0.1, -0.05) is 6.92 Å². The maximum atomic E-state index is 12.3. The van der Waals surface area contributed by atoms with E-state index in [0.29, 0.717) is 19.5 Å². The van der Waals surface area contributed by atoms with Gasteiger partial charge in [0.1, 0.15) is 6.04 Å². The topological polar surface area (TPSA) is 75.4 Å². The highest BCUT2D eigenvalue weighted by atomic mass is 16.4. The molecule has 104 valence electrons. The summed E-state index contributed by atoms with van der Waals surface area (Å²) < 4.78 is 1.59. The predicted octanol–water partition coefficient (Wildman–Crippen LogP) is 1.10. The quantitative estimate of drug-likeness (QED) is 0.882. The molecule has 19 heavy (non-hydrogen) atoms. The SMILES string of the molecule is CCCn1ccnc(N2CCCCC2C(=O)O)c1=O. The molecule has 0 spiro atoms. The van der Waals surface area contributed by atoms with Gasteiger partial charge in [0.15, 0.2) is 5.82 Å². The molecule has 0 bridgehead atoms. The largest absolute Gasteiger partial charge is 0.480 e. The molecule has 1 aromatic heterocycles. The second-order valence-corrected chi connectivity index (χ2v) is 4.79. The number of anilines is 1. The minimum atomic E-state index is -0.883. The van der Waals surface area contributed by atoms with Crippen LogP contribution in [0.2, 0.25) is 0 Å². The maximum absolute atomic E-state index is 12.3. The van der Waals surface area contributed by atoms with Crippen LogP contribution in [-0.4, -0.2) is 33.2 Å². The number of aryl methyl sites for hydroxylation is 1. The van der Waals surface area contributed by atoms with Crippen molar-refractivity contribution in [1.29, 1.82) is 0 Å². The standard InChI is InChI=1S/C13H19N3O3/c1-2-7-15-9-6-14-11(12(15)17)16-8-4-3-5-10(16)13(18)19/h6,9-10H,2-5,7-8H2,1H3,(H,18,19). The van der Waals surface area contributed by atoms with Crippen molar-refractivity contribution in [3.8, 4) is 0 Å². The van der Waals surface area contributed by atoms with Gasteiger partial charge in [0.25, 0.3) is 5.56 Å². The Morgan fingerprint density at radius 3 is 3.00 bits per heavy atom. The van der Waals surface area contributed by atoms with Crippen molar-refractivity contribution < 1.29 is 9.90 Å². The van der Waals surface area contributed by atoms with Crippen LogP contribution in [-0.2, 0) is 11.3 Å². The van der Waals surface area contributed by atoms with Crippen molar-refractivity contribution in [3.63, 3.8) is 0 Å². The fourth-order valence-corrected chi connectivity index (χ4v) is 2.49. The van der Waals surface area contributed by atoms with E-state index in [1.807, 2.05) is 6.92 Å².